The summed E-state index contributed by atoms with van der Waals surface area (Å²) in [7, 11) is -3.19. The van der Waals surface area contributed by atoms with E-state index in [4.69, 9.17) is 5.73 Å². The molecule has 0 fully saturated rings. The van der Waals surface area contributed by atoms with Gasteiger partial charge in [0.25, 0.3) is 0 Å². The van der Waals surface area contributed by atoms with Crippen LogP contribution in [0.2, 0.25) is 0 Å². The molecule has 6 nitrogen and oxygen atoms in total. The summed E-state index contributed by atoms with van der Waals surface area (Å²) in [6.45, 7) is 0. The van der Waals surface area contributed by atoms with E-state index in [9.17, 15) is 8.42 Å². The minimum Gasteiger partial charge on any atom is -0.369 e. The van der Waals surface area contributed by atoms with Crippen LogP contribution in [0.15, 0.2) is 47.9 Å². The number of hydrogen-bond acceptors (Lipinski definition) is 5. The van der Waals surface area contributed by atoms with Crippen molar-refractivity contribution in [2.75, 3.05) is 12.0 Å². The van der Waals surface area contributed by atoms with E-state index in [1.807, 2.05) is 0 Å². The molecular weight excluding hydrogens is 276 g/mol. The van der Waals surface area contributed by atoms with Crippen LogP contribution in [-0.4, -0.2) is 29.0 Å². The molecule has 0 aliphatic rings. The van der Waals surface area contributed by atoms with E-state index in [1.165, 1.54) is 6.26 Å². The van der Waals surface area contributed by atoms with Crippen molar-refractivity contribution in [2.24, 2.45) is 0 Å². The number of nitrogens with two attached hydrogens (primary N) is 1. The second-order valence-corrected chi connectivity index (χ2v) is 6.49. The zero-order chi connectivity index (χ0) is 14.3. The summed E-state index contributed by atoms with van der Waals surface area (Å²) in [6, 6.07) is 6.65. The number of anilines is 1. The second kappa shape index (κ2) is 4.31. The summed E-state index contributed by atoms with van der Waals surface area (Å²) in [5.41, 5.74) is 8.29. The van der Waals surface area contributed by atoms with Gasteiger partial charge in [-0.3, -0.25) is 4.40 Å². The monoisotopic (exact) mass is 288 g/mol. The number of aromatic nitrogens is 3. The van der Waals surface area contributed by atoms with Crippen molar-refractivity contribution in [1.82, 2.24) is 14.4 Å². The van der Waals surface area contributed by atoms with Crippen molar-refractivity contribution in [3.8, 4) is 11.1 Å². The number of nitrogens with zero attached hydrogens (tertiary/aromatic N) is 3. The van der Waals surface area contributed by atoms with Crippen LogP contribution in [0, 0.1) is 0 Å². The molecule has 2 N–H and O–H groups in total. The van der Waals surface area contributed by atoms with Crippen molar-refractivity contribution in [2.45, 2.75) is 4.90 Å². The fourth-order valence-corrected chi connectivity index (χ4v) is 2.67. The summed E-state index contributed by atoms with van der Waals surface area (Å²) in [6.07, 6.45) is 6.12. The number of rotatable bonds is 2. The number of benzene rings is 1. The Hall–Kier alpha value is -2.41. The number of imidazole rings is 1. The van der Waals surface area contributed by atoms with Crippen molar-refractivity contribution >= 4 is 21.3 Å². The Labute approximate surface area is 115 Å². The number of sulfone groups is 1. The van der Waals surface area contributed by atoms with Gasteiger partial charge in [-0.15, -0.1) is 0 Å². The molecule has 0 radical (unpaired) electrons. The molecule has 3 rings (SSSR count). The first kappa shape index (κ1) is 12.6. The summed E-state index contributed by atoms with van der Waals surface area (Å²) in [5.74, 6) is 0.356. The maximum absolute atomic E-state index is 11.5. The van der Waals surface area contributed by atoms with Crippen LogP contribution in [0.4, 0.5) is 5.95 Å². The first-order valence-electron chi connectivity index (χ1n) is 5.84. The average Bonchev–Trinajstić information content (AvgIpc) is 2.88. The Kier molecular flexibility index (Phi) is 2.72. The van der Waals surface area contributed by atoms with Crippen LogP contribution >= 0.6 is 0 Å². The predicted molar refractivity (Wildman–Crippen MR) is 75.9 cm³/mol. The third-order valence-corrected chi connectivity index (χ3v) is 4.21. The van der Waals surface area contributed by atoms with Crippen LogP contribution in [0.3, 0.4) is 0 Å². The minimum absolute atomic E-state index is 0.286. The minimum atomic E-state index is -3.19. The summed E-state index contributed by atoms with van der Waals surface area (Å²) < 4.78 is 24.6. The largest absolute Gasteiger partial charge is 0.369 e. The van der Waals surface area contributed by atoms with Crippen LogP contribution < -0.4 is 5.73 Å². The summed E-state index contributed by atoms with van der Waals surface area (Å²) in [4.78, 5) is 8.45. The quantitative estimate of drug-likeness (QED) is 0.769. The number of hydrogen-bond donors (Lipinski definition) is 1. The zero-order valence-corrected chi connectivity index (χ0v) is 11.5. The standard InChI is InChI=1S/C13H12N4O2S/c1-20(18,19)10-4-2-9(3-5-10)11-6-16-13(14)17-8-15-7-12(11)17/h2-8H,1H3,(H2,14,16). The molecule has 0 atom stereocenters. The van der Waals surface area contributed by atoms with Gasteiger partial charge < -0.3 is 5.73 Å². The maximum Gasteiger partial charge on any atom is 0.206 e. The van der Waals surface area contributed by atoms with Crippen molar-refractivity contribution < 1.29 is 8.42 Å². The van der Waals surface area contributed by atoms with Gasteiger partial charge in [0.15, 0.2) is 9.84 Å². The second-order valence-electron chi connectivity index (χ2n) is 4.48. The highest BCUT2D eigenvalue weighted by molar-refractivity contribution is 7.90. The fourth-order valence-electron chi connectivity index (χ4n) is 2.04. The molecule has 2 aromatic heterocycles. The molecule has 0 bridgehead atoms. The molecule has 0 aliphatic carbocycles. The van der Waals surface area contributed by atoms with Crippen LogP contribution in [-0.2, 0) is 9.84 Å². The highest BCUT2D eigenvalue weighted by atomic mass is 32.2. The molecular formula is C13H12N4O2S. The van der Waals surface area contributed by atoms with Gasteiger partial charge in [0.05, 0.1) is 16.6 Å². The van der Waals surface area contributed by atoms with E-state index in [1.54, 1.807) is 47.4 Å². The van der Waals surface area contributed by atoms with Gasteiger partial charge in [0.2, 0.25) is 5.95 Å². The SMILES string of the molecule is CS(=O)(=O)c1ccc(-c2cnc(N)n3cncc23)cc1. The Morgan fingerprint density at radius 2 is 1.85 bits per heavy atom. The number of nitrogen functional groups attached to an aromatic ring is 1. The molecule has 0 aliphatic heterocycles. The van der Waals surface area contributed by atoms with E-state index in [2.05, 4.69) is 9.97 Å². The van der Waals surface area contributed by atoms with E-state index in [0.717, 1.165) is 16.6 Å². The highest BCUT2D eigenvalue weighted by Crippen LogP contribution is 2.26. The molecule has 7 heteroatoms. The van der Waals surface area contributed by atoms with E-state index >= 15 is 0 Å². The van der Waals surface area contributed by atoms with Gasteiger partial charge in [-0.05, 0) is 17.7 Å². The third kappa shape index (κ3) is 2.01. The Morgan fingerprint density at radius 1 is 1.15 bits per heavy atom. The van der Waals surface area contributed by atoms with Crippen LogP contribution in [0.25, 0.3) is 16.6 Å². The van der Waals surface area contributed by atoms with E-state index in [0.29, 0.717) is 5.95 Å². The first-order chi connectivity index (χ1) is 9.47. The maximum atomic E-state index is 11.5. The molecule has 3 aromatic rings. The molecule has 2 heterocycles. The van der Waals surface area contributed by atoms with Gasteiger partial charge in [0, 0.05) is 18.0 Å². The molecule has 102 valence electrons. The van der Waals surface area contributed by atoms with Gasteiger partial charge in [0.1, 0.15) is 6.33 Å². The lowest BCUT2D eigenvalue weighted by atomic mass is 10.1. The predicted octanol–water partition coefficient (Wildman–Crippen LogP) is 1.38. The average molecular weight is 288 g/mol. The van der Waals surface area contributed by atoms with E-state index in [-0.39, 0.29) is 4.90 Å². The van der Waals surface area contributed by atoms with Crippen molar-refractivity contribution in [1.29, 1.82) is 0 Å². The fraction of sp³-hybridized carbons (Fsp3) is 0.0769. The third-order valence-electron chi connectivity index (χ3n) is 3.08. The molecule has 0 saturated heterocycles. The lowest BCUT2D eigenvalue weighted by Gasteiger charge is -2.06. The molecule has 0 unspecified atom stereocenters. The highest BCUT2D eigenvalue weighted by Gasteiger charge is 2.10. The topological polar surface area (TPSA) is 90.3 Å². The lowest BCUT2D eigenvalue weighted by molar-refractivity contribution is 0.602. The zero-order valence-electron chi connectivity index (χ0n) is 10.7. The molecule has 0 spiro atoms. The Bertz CT molecular complexity index is 882. The summed E-state index contributed by atoms with van der Waals surface area (Å²) >= 11 is 0. The smallest absolute Gasteiger partial charge is 0.206 e. The Balaban J connectivity index is 2.17. The van der Waals surface area contributed by atoms with Gasteiger partial charge in [-0.1, -0.05) is 12.1 Å². The van der Waals surface area contributed by atoms with Crippen LogP contribution in [0.5, 0.6) is 0 Å². The normalized spacial score (nSPS) is 11.8. The molecule has 1 aromatic carbocycles. The summed E-state index contributed by atoms with van der Waals surface area (Å²) in [5, 5.41) is 0. The molecule has 0 saturated carbocycles. The first-order valence-corrected chi connectivity index (χ1v) is 7.73. The van der Waals surface area contributed by atoms with Crippen LogP contribution in [0.1, 0.15) is 0 Å². The molecule has 20 heavy (non-hydrogen) atoms. The Morgan fingerprint density at radius 3 is 2.50 bits per heavy atom. The number of fused-ring (bicyclic) bond motifs is 1. The van der Waals surface area contributed by atoms with Crippen molar-refractivity contribution in [3.05, 3.63) is 43.0 Å². The lowest BCUT2D eigenvalue weighted by Crippen LogP contribution is -2.00. The van der Waals surface area contributed by atoms with Gasteiger partial charge in [-0.25, -0.2) is 18.4 Å². The van der Waals surface area contributed by atoms with E-state index < -0.39 is 9.84 Å². The van der Waals surface area contributed by atoms with Gasteiger partial charge >= 0.3 is 0 Å². The molecule has 0 amide bonds. The van der Waals surface area contributed by atoms with Gasteiger partial charge in [-0.2, -0.15) is 0 Å². The van der Waals surface area contributed by atoms with Crippen molar-refractivity contribution in [3.63, 3.8) is 0 Å².